The molecule has 0 aliphatic carbocycles. The maximum absolute atomic E-state index is 12.1. The summed E-state index contributed by atoms with van der Waals surface area (Å²) < 4.78 is 26.5. The zero-order chi connectivity index (χ0) is 14.0. The average molecular weight is 318 g/mol. The zero-order valence-electron chi connectivity index (χ0n) is 9.47. The molecule has 4 nitrogen and oxygen atoms in total. The van der Waals surface area contributed by atoms with E-state index in [1.54, 1.807) is 6.07 Å². The maximum atomic E-state index is 12.1. The highest BCUT2D eigenvalue weighted by atomic mass is 35.5. The van der Waals surface area contributed by atoms with Crippen molar-refractivity contribution in [3.8, 4) is 5.75 Å². The van der Waals surface area contributed by atoms with Crippen molar-refractivity contribution in [2.75, 3.05) is 4.72 Å². The number of rotatable bonds is 3. The lowest BCUT2D eigenvalue weighted by Gasteiger charge is -2.10. The minimum atomic E-state index is -3.83. The lowest BCUT2D eigenvalue weighted by atomic mass is 10.3. The summed E-state index contributed by atoms with van der Waals surface area (Å²) in [5.41, 5.74) is 0.178. The van der Waals surface area contributed by atoms with Crippen LogP contribution in [0.4, 0.5) is 5.69 Å². The number of nitrogens with one attached hydrogen (secondary N) is 1. The van der Waals surface area contributed by atoms with Gasteiger partial charge in [0.1, 0.15) is 5.75 Å². The number of hydrogen-bond donors (Lipinski definition) is 2. The molecule has 0 aromatic heterocycles. The fraction of sp³-hybridized carbons (Fsp3) is 0. The molecule has 19 heavy (non-hydrogen) atoms. The van der Waals surface area contributed by atoms with Crippen LogP contribution in [0.1, 0.15) is 0 Å². The highest BCUT2D eigenvalue weighted by Crippen LogP contribution is 2.28. The van der Waals surface area contributed by atoms with E-state index in [1.807, 2.05) is 0 Å². The molecule has 0 unspecified atom stereocenters. The van der Waals surface area contributed by atoms with Crippen LogP contribution < -0.4 is 4.72 Å². The molecular formula is C12H9Cl2NO3S. The Morgan fingerprint density at radius 3 is 2.47 bits per heavy atom. The number of hydrogen-bond acceptors (Lipinski definition) is 3. The first kappa shape index (κ1) is 14.0. The fourth-order valence-electron chi connectivity index (χ4n) is 1.43. The first-order chi connectivity index (χ1) is 8.88. The molecule has 7 heteroatoms. The van der Waals surface area contributed by atoms with Crippen molar-refractivity contribution >= 4 is 38.9 Å². The molecule has 0 aliphatic heterocycles. The van der Waals surface area contributed by atoms with Gasteiger partial charge in [0.25, 0.3) is 10.0 Å². The molecular weight excluding hydrogens is 309 g/mol. The van der Waals surface area contributed by atoms with E-state index >= 15 is 0 Å². The number of phenolic OH excluding ortho intramolecular Hbond substituents is 1. The van der Waals surface area contributed by atoms with Crippen molar-refractivity contribution in [1.82, 2.24) is 0 Å². The van der Waals surface area contributed by atoms with Crippen LogP contribution in [0, 0.1) is 0 Å². The van der Waals surface area contributed by atoms with Gasteiger partial charge in [-0.15, -0.1) is 0 Å². The van der Waals surface area contributed by atoms with Crippen LogP contribution in [0.25, 0.3) is 0 Å². The van der Waals surface area contributed by atoms with Crippen molar-refractivity contribution in [3.05, 3.63) is 52.5 Å². The lowest BCUT2D eigenvalue weighted by Crippen LogP contribution is -2.13. The number of anilines is 1. The minimum absolute atomic E-state index is 0.0662. The Bertz CT molecular complexity index is 717. The maximum Gasteiger partial charge on any atom is 0.262 e. The van der Waals surface area contributed by atoms with Gasteiger partial charge in [-0.1, -0.05) is 29.3 Å². The molecule has 0 saturated carbocycles. The average Bonchev–Trinajstić information content (AvgIpc) is 2.33. The third-order valence-corrected chi connectivity index (χ3v) is 4.23. The van der Waals surface area contributed by atoms with E-state index in [1.165, 1.54) is 30.3 Å². The minimum Gasteiger partial charge on any atom is -0.508 e. The molecule has 100 valence electrons. The molecule has 0 radical (unpaired) electrons. The topological polar surface area (TPSA) is 66.4 Å². The number of benzene rings is 2. The Labute approximate surface area is 120 Å². The van der Waals surface area contributed by atoms with Crippen molar-refractivity contribution in [2.45, 2.75) is 4.90 Å². The molecule has 2 aromatic carbocycles. The largest absolute Gasteiger partial charge is 0.508 e. The van der Waals surface area contributed by atoms with E-state index in [4.69, 9.17) is 23.2 Å². The van der Waals surface area contributed by atoms with E-state index in [0.717, 1.165) is 6.07 Å². The molecule has 0 bridgehead atoms. The van der Waals surface area contributed by atoms with E-state index in [0.29, 0.717) is 5.02 Å². The summed E-state index contributed by atoms with van der Waals surface area (Å²) in [5.74, 6) is -0.139. The van der Waals surface area contributed by atoms with Crippen LogP contribution in [0.2, 0.25) is 10.0 Å². The van der Waals surface area contributed by atoms with E-state index in [-0.39, 0.29) is 21.4 Å². The van der Waals surface area contributed by atoms with Gasteiger partial charge in [-0.05, 0) is 30.3 Å². The van der Waals surface area contributed by atoms with Gasteiger partial charge in [0.15, 0.2) is 0 Å². The molecule has 2 N–H and O–H groups in total. The predicted molar refractivity (Wildman–Crippen MR) is 75.4 cm³/mol. The molecule has 2 rings (SSSR count). The van der Waals surface area contributed by atoms with Gasteiger partial charge in [0, 0.05) is 11.1 Å². The Balaban J connectivity index is 2.39. The number of aromatic hydroxyl groups is 1. The van der Waals surface area contributed by atoms with E-state index in [9.17, 15) is 13.5 Å². The monoisotopic (exact) mass is 317 g/mol. The Morgan fingerprint density at radius 1 is 1.05 bits per heavy atom. The van der Waals surface area contributed by atoms with Crippen LogP contribution in [0.15, 0.2) is 47.4 Å². The number of phenols is 1. The third kappa shape index (κ3) is 3.32. The predicted octanol–water partition coefficient (Wildman–Crippen LogP) is 3.50. The standard InChI is InChI=1S/C12H9Cl2NO3S/c13-8-4-5-11(14)12(6-8)15-19(17,18)10-3-1-2-9(16)7-10/h1-7,15-16H. The molecule has 2 aromatic rings. The van der Waals surface area contributed by atoms with E-state index < -0.39 is 10.0 Å². The molecule has 0 saturated heterocycles. The van der Waals surface area contributed by atoms with Crippen molar-refractivity contribution in [3.63, 3.8) is 0 Å². The van der Waals surface area contributed by atoms with E-state index in [2.05, 4.69) is 4.72 Å². The van der Waals surface area contributed by atoms with Gasteiger partial charge in [-0.25, -0.2) is 8.42 Å². The Hall–Kier alpha value is -1.43. The zero-order valence-corrected chi connectivity index (χ0v) is 11.8. The van der Waals surface area contributed by atoms with Crippen molar-refractivity contribution in [1.29, 1.82) is 0 Å². The van der Waals surface area contributed by atoms with Crippen LogP contribution >= 0.6 is 23.2 Å². The van der Waals surface area contributed by atoms with Crippen molar-refractivity contribution in [2.24, 2.45) is 0 Å². The van der Waals surface area contributed by atoms with Crippen LogP contribution in [0.3, 0.4) is 0 Å². The number of halogens is 2. The van der Waals surface area contributed by atoms with Gasteiger partial charge in [-0.2, -0.15) is 0 Å². The summed E-state index contributed by atoms with van der Waals surface area (Å²) in [6.45, 7) is 0. The molecule has 0 aliphatic rings. The quantitative estimate of drug-likeness (QED) is 0.910. The highest BCUT2D eigenvalue weighted by Gasteiger charge is 2.16. The van der Waals surface area contributed by atoms with Gasteiger partial charge in [0.2, 0.25) is 0 Å². The van der Waals surface area contributed by atoms with Crippen LogP contribution in [-0.2, 0) is 10.0 Å². The summed E-state index contributed by atoms with van der Waals surface area (Å²) in [7, 11) is -3.83. The second-order valence-electron chi connectivity index (χ2n) is 3.73. The second-order valence-corrected chi connectivity index (χ2v) is 6.25. The smallest absolute Gasteiger partial charge is 0.262 e. The Kier molecular flexibility index (Phi) is 3.89. The molecule has 0 spiro atoms. The molecule has 0 heterocycles. The first-order valence-corrected chi connectivity index (χ1v) is 7.39. The lowest BCUT2D eigenvalue weighted by molar-refractivity contribution is 0.473. The summed E-state index contributed by atoms with van der Waals surface area (Å²) in [6, 6.07) is 9.76. The van der Waals surface area contributed by atoms with Gasteiger partial charge in [0.05, 0.1) is 15.6 Å². The van der Waals surface area contributed by atoms with Crippen molar-refractivity contribution < 1.29 is 13.5 Å². The first-order valence-electron chi connectivity index (χ1n) is 5.15. The molecule has 0 atom stereocenters. The molecule has 0 fully saturated rings. The Morgan fingerprint density at radius 2 is 1.79 bits per heavy atom. The molecule has 0 amide bonds. The van der Waals surface area contributed by atoms with Gasteiger partial charge in [-0.3, -0.25) is 4.72 Å². The fourth-order valence-corrected chi connectivity index (χ4v) is 2.93. The number of sulfonamides is 1. The second kappa shape index (κ2) is 5.28. The normalized spacial score (nSPS) is 11.3. The third-order valence-electron chi connectivity index (χ3n) is 2.30. The summed E-state index contributed by atoms with van der Waals surface area (Å²) in [6.07, 6.45) is 0. The van der Waals surface area contributed by atoms with Crippen LogP contribution in [-0.4, -0.2) is 13.5 Å². The summed E-state index contributed by atoms with van der Waals surface area (Å²) >= 11 is 11.7. The van der Waals surface area contributed by atoms with Gasteiger partial charge >= 0.3 is 0 Å². The highest BCUT2D eigenvalue weighted by molar-refractivity contribution is 7.92. The summed E-state index contributed by atoms with van der Waals surface area (Å²) in [4.78, 5) is -0.0662. The van der Waals surface area contributed by atoms with Gasteiger partial charge < -0.3 is 5.11 Å². The summed E-state index contributed by atoms with van der Waals surface area (Å²) in [5, 5.41) is 9.89. The SMILES string of the molecule is O=S(=O)(Nc1cc(Cl)ccc1Cl)c1cccc(O)c1. The van der Waals surface area contributed by atoms with Crippen LogP contribution in [0.5, 0.6) is 5.75 Å².